The van der Waals surface area contributed by atoms with E-state index in [1.807, 2.05) is 11.7 Å². The fraction of sp³-hybridized carbons (Fsp3) is 0.353. The quantitative estimate of drug-likeness (QED) is 0.567. The van der Waals surface area contributed by atoms with Crippen LogP contribution in [-0.4, -0.2) is 22.5 Å². The van der Waals surface area contributed by atoms with Crippen molar-refractivity contribution in [2.45, 2.75) is 36.6 Å². The second kappa shape index (κ2) is 6.95. The molecule has 0 spiro atoms. The highest BCUT2D eigenvalue weighted by Gasteiger charge is 2.30. The molecule has 138 valence electrons. The summed E-state index contributed by atoms with van der Waals surface area (Å²) in [7, 11) is -1.72. The summed E-state index contributed by atoms with van der Waals surface area (Å²) in [5.74, 6) is 0.608. The highest BCUT2D eigenvalue weighted by molar-refractivity contribution is 9.11. The molecule has 3 aromatic rings. The minimum atomic E-state index is -3.65. The summed E-state index contributed by atoms with van der Waals surface area (Å²) in [4.78, 5) is 0. The maximum Gasteiger partial charge on any atom is 0.253 e. The third kappa shape index (κ3) is 3.28. The summed E-state index contributed by atoms with van der Waals surface area (Å²) >= 11 is 4.55. The minimum absolute atomic E-state index is 0.177. The van der Waals surface area contributed by atoms with Gasteiger partial charge in [0.2, 0.25) is 0 Å². The molecule has 0 N–H and O–H groups in total. The number of aromatic nitrogens is 2. The monoisotopic (exact) mass is 455 g/mol. The SMILES string of the molecule is Cn1nc(CN(Cc2ccco2)S(=O)(=O)c2ccc(Br)s2)c2c1CCC2. The molecule has 0 bridgehead atoms. The van der Waals surface area contributed by atoms with Gasteiger partial charge in [0.25, 0.3) is 10.0 Å². The molecule has 0 saturated carbocycles. The number of rotatable bonds is 6. The Balaban J connectivity index is 1.70. The van der Waals surface area contributed by atoms with Gasteiger partial charge >= 0.3 is 0 Å². The van der Waals surface area contributed by atoms with Crippen molar-refractivity contribution in [2.75, 3.05) is 0 Å². The van der Waals surface area contributed by atoms with Crippen LogP contribution in [0.15, 0.2) is 42.9 Å². The van der Waals surface area contributed by atoms with E-state index in [2.05, 4.69) is 21.0 Å². The molecule has 0 amide bonds. The van der Waals surface area contributed by atoms with Crippen LogP contribution in [0, 0.1) is 0 Å². The van der Waals surface area contributed by atoms with Gasteiger partial charge in [0.05, 0.1) is 28.8 Å². The average molecular weight is 456 g/mol. The lowest BCUT2D eigenvalue weighted by molar-refractivity contribution is 0.354. The summed E-state index contributed by atoms with van der Waals surface area (Å²) in [6.07, 6.45) is 4.61. The van der Waals surface area contributed by atoms with Crippen molar-refractivity contribution in [3.8, 4) is 0 Å². The minimum Gasteiger partial charge on any atom is -0.468 e. The van der Waals surface area contributed by atoms with Crippen LogP contribution in [-0.2, 0) is 43.0 Å². The molecule has 6 nitrogen and oxygen atoms in total. The first kappa shape index (κ1) is 18.0. The van der Waals surface area contributed by atoms with E-state index in [1.165, 1.54) is 26.9 Å². The number of hydrogen-bond acceptors (Lipinski definition) is 5. The number of thiophene rings is 1. The Kier molecular flexibility index (Phi) is 4.81. The summed E-state index contributed by atoms with van der Waals surface area (Å²) < 4.78 is 36.3. The molecule has 0 atom stereocenters. The number of furan rings is 1. The zero-order valence-electron chi connectivity index (χ0n) is 14.2. The molecule has 9 heteroatoms. The van der Waals surface area contributed by atoms with Crippen molar-refractivity contribution in [1.29, 1.82) is 0 Å². The maximum absolute atomic E-state index is 13.2. The van der Waals surface area contributed by atoms with Crippen molar-refractivity contribution in [3.63, 3.8) is 0 Å². The van der Waals surface area contributed by atoms with Gasteiger partial charge in [-0.05, 0) is 65.0 Å². The van der Waals surface area contributed by atoms with Gasteiger partial charge in [0.1, 0.15) is 9.97 Å². The molecule has 4 rings (SSSR count). The number of nitrogens with zero attached hydrogens (tertiary/aromatic N) is 3. The lowest BCUT2D eigenvalue weighted by atomic mass is 10.2. The molecular weight excluding hydrogens is 438 g/mol. The molecule has 3 aromatic heterocycles. The zero-order chi connectivity index (χ0) is 18.3. The maximum atomic E-state index is 13.2. The fourth-order valence-electron chi connectivity index (χ4n) is 3.36. The number of fused-ring (bicyclic) bond motifs is 1. The topological polar surface area (TPSA) is 68.3 Å². The van der Waals surface area contributed by atoms with Gasteiger partial charge in [0.15, 0.2) is 0 Å². The molecular formula is C17H18BrN3O3S2. The highest BCUT2D eigenvalue weighted by atomic mass is 79.9. The van der Waals surface area contributed by atoms with E-state index in [0.717, 1.165) is 28.7 Å². The Bertz CT molecular complexity index is 1020. The van der Waals surface area contributed by atoms with Crippen LogP contribution in [0.25, 0.3) is 0 Å². The van der Waals surface area contributed by atoms with Crippen molar-refractivity contribution in [2.24, 2.45) is 7.05 Å². The van der Waals surface area contributed by atoms with E-state index in [9.17, 15) is 8.42 Å². The van der Waals surface area contributed by atoms with Gasteiger partial charge in [0, 0.05) is 12.7 Å². The first-order valence-corrected chi connectivity index (χ1v) is 11.3. The zero-order valence-corrected chi connectivity index (χ0v) is 17.4. The third-order valence-corrected chi connectivity index (χ3v) is 8.46. The van der Waals surface area contributed by atoms with Gasteiger partial charge in [-0.15, -0.1) is 11.3 Å². The predicted octanol–water partition coefficient (Wildman–Crippen LogP) is 3.72. The molecule has 0 aromatic carbocycles. The van der Waals surface area contributed by atoms with Crippen LogP contribution in [0.5, 0.6) is 0 Å². The Labute approximate surface area is 164 Å². The molecule has 1 aliphatic carbocycles. The van der Waals surface area contributed by atoms with Gasteiger partial charge in [-0.3, -0.25) is 4.68 Å². The molecule has 0 unspecified atom stereocenters. The molecule has 0 fully saturated rings. The first-order chi connectivity index (χ1) is 12.4. The van der Waals surface area contributed by atoms with Gasteiger partial charge in [-0.25, -0.2) is 8.42 Å². The highest BCUT2D eigenvalue weighted by Crippen LogP contribution is 2.32. The molecule has 0 radical (unpaired) electrons. The molecule has 3 heterocycles. The lowest BCUT2D eigenvalue weighted by Gasteiger charge is -2.20. The standard InChI is InChI=1S/C17H18BrN3O3S2/c1-20-15-6-2-5-13(15)14(19-20)11-21(10-12-4-3-9-24-12)26(22,23)17-8-7-16(18)25-17/h3-4,7-9H,2,5-6,10-11H2,1H3. The third-order valence-electron chi connectivity index (χ3n) is 4.58. The van der Waals surface area contributed by atoms with Gasteiger partial charge in [-0.1, -0.05) is 0 Å². The van der Waals surface area contributed by atoms with Crippen LogP contribution in [0.3, 0.4) is 0 Å². The molecule has 0 saturated heterocycles. The van der Waals surface area contributed by atoms with E-state index < -0.39 is 10.0 Å². The van der Waals surface area contributed by atoms with Crippen LogP contribution in [0.1, 0.15) is 29.1 Å². The van der Waals surface area contributed by atoms with Crippen LogP contribution in [0.4, 0.5) is 0 Å². The summed E-state index contributed by atoms with van der Waals surface area (Å²) in [6, 6.07) is 6.93. The Morgan fingerprint density at radius 2 is 2.15 bits per heavy atom. The van der Waals surface area contributed by atoms with Crippen LogP contribution in [0.2, 0.25) is 0 Å². The van der Waals surface area contributed by atoms with Crippen LogP contribution >= 0.6 is 27.3 Å². The van der Waals surface area contributed by atoms with E-state index in [4.69, 9.17) is 4.42 Å². The predicted molar refractivity (Wildman–Crippen MR) is 102 cm³/mol. The van der Waals surface area contributed by atoms with E-state index in [1.54, 1.807) is 30.5 Å². The van der Waals surface area contributed by atoms with Crippen molar-refractivity contribution < 1.29 is 12.8 Å². The molecule has 0 aliphatic heterocycles. The summed E-state index contributed by atoms with van der Waals surface area (Å²) in [5, 5.41) is 4.59. The molecule has 26 heavy (non-hydrogen) atoms. The fourth-order valence-corrected chi connectivity index (χ4v) is 6.89. The average Bonchev–Trinajstić information content (AvgIpc) is 3.35. The normalized spacial score (nSPS) is 14.3. The van der Waals surface area contributed by atoms with Crippen molar-refractivity contribution in [3.05, 3.63) is 57.0 Å². The van der Waals surface area contributed by atoms with Crippen molar-refractivity contribution in [1.82, 2.24) is 14.1 Å². The number of aryl methyl sites for hydroxylation is 1. The van der Waals surface area contributed by atoms with E-state index >= 15 is 0 Å². The smallest absolute Gasteiger partial charge is 0.253 e. The van der Waals surface area contributed by atoms with Crippen LogP contribution < -0.4 is 0 Å². The van der Waals surface area contributed by atoms with Crippen molar-refractivity contribution >= 4 is 37.3 Å². The van der Waals surface area contributed by atoms with Gasteiger partial charge < -0.3 is 4.42 Å². The second-order valence-corrected chi connectivity index (χ2v) is 10.9. The molecule has 1 aliphatic rings. The summed E-state index contributed by atoms with van der Waals surface area (Å²) in [6.45, 7) is 0.415. The summed E-state index contributed by atoms with van der Waals surface area (Å²) in [5.41, 5.74) is 3.25. The first-order valence-electron chi connectivity index (χ1n) is 8.26. The van der Waals surface area contributed by atoms with Gasteiger partial charge in [-0.2, -0.15) is 9.40 Å². The Hall–Kier alpha value is -1.42. The van der Waals surface area contributed by atoms with E-state index in [0.29, 0.717) is 9.97 Å². The second-order valence-electron chi connectivity index (χ2n) is 6.26. The Morgan fingerprint density at radius 1 is 1.31 bits per heavy atom. The number of sulfonamides is 1. The van der Waals surface area contributed by atoms with E-state index in [-0.39, 0.29) is 13.1 Å². The number of halogens is 1. The largest absolute Gasteiger partial charge is 0.468 e. The number of hydrogen-bond donors (Lipinski definition) is 0. The Morgan fingerprint density at radius 3 is 2.85 bits per heavy atom. The lowest BCUT2D eigenvalue weighted by Crippen LogP contribution is -2.30.